The zero-order valence-electron chi connectivity index (χ0n) is 18.8. The molecule has 0 atom stereocenters. The molecule has 1 aromatic heterocycles. The molecular formula is C26H24FN5O2. The van der Waals surface area contributed by atoms with Crippen molar-refractivity contribution in [3.05, 3.63) is 90.4 Å². The second kappa shape index (κ2) is 9.35. The molecule has 1 fully saturated rings. The van der Waals surface area contributed by atoms with Crippen molar-refractivity contribution >= 4 is 11.6 Å². The summed E-state index contributed by atoms with van der Waals surface area (Å²) in [6.45, 7) is 2.27. The van der Waals surface area contributed by atoms with E-state index >= 15 is 0 Å². The summed E-state index contributed by atoms with van der Waals surface area (Å²) in [5, 5.41) is 8.28. The summed E-state index contributed by atoms with van der Waals surface area (Å²) in [7, 11) is 1.63. The number of hydrogen-bond donors (Lipinski definition) is 0. The lowest BCUT2D eigenvalue weighted by Crippen LogP contribution is -2.49. The number of hydrogen-bond acceptors (Lipinski definition) is 5. The van der Waals surface area contributed by atoms with E-state index < -0.39 is 0 Å². The number of aromatic nitrogens is 3. The van der Waals surface area contributed by atoms with Gasteiger partial charge in [0.15, 0.2) is 0 Å². The molecule has 0 N–H and O–H groups in total. The van der Waals surface area contributed by atoms with Crippen molar-refractivity contribution in [1.82, 2.24) is 19.9 Å². The van der Waals surface area contributed by atoms with Gasteiger partial charge in [0.1, 0.15) is 11.6 Å². The zero-order valence-corrected chi connectivity index (χ0v) is 18.8. The van der Waals surface area contributed by atoms with Crippen molar-refractivity contribution < 1.29 is 13.9 Å². The molecule has 1 saturated heterocycles. The lowest BCUT2D eigenvalue weighted by atomic mass is 10.1. The Bertz CT molecular complexity index is 1280. The Morgan fingerprint density at radius 1 is 0.912 bits per heavy atom. The first kappa shape index (κ1) is 21.6. The van der Waals surface area contributed by atoms with Gasteiger partial charge in [-0.2, -0.15) is 0 Å². The van der Waals surface area contributed by atoms with Crippen molar-refractivity contribution in [1.29, 1.82) is 0 Å². The average molecular weight is 458 g/mol. The van der Waals surface area contributed by atoms with Gasteiger partial charge in [0.25, 0.3) is 5.91 Å². The van der Waals surface area contributed by atoms with Crippen molar-refractivity contribution in [3.8, 4) is 22.7 Å². The fourth-order valence-electron chi connectivity index (χ4n) is 4.17. The summed E-state index contributed by atoms with van der Waals surface area (Å²) >= 11 is 0. The molecule has 7 nitrogen and oxygen atoms in total. The molecule has 5 rings (SSSR count). The number of benzene rings is 3. The van der Waals surface area contributed by atoms with E-state index in [2.05, 4.69) is 10.3 Å². The lowest BCUT2D eigenvalue weighted by Gasteiger charge is -2.36. The molecule has 2 heterocycles. The predicted molar refractivity (Wildman–Crippen MR) is 128 cm³/mol. The van der Waals surface area contributed by atoms with Gasteiger partial charge in [-0.15, -0.1) is 5.10 Å². The maximum Gasteiger partial charge on any atom is 0.253 e. The molecule has 172 valence electrons. The second-order valence-corrected chi connectivity index (χ2v) is 8.04. The number of halogens is 1. The van der Waals surface area contributed by atoms with Crippen molar-refractivity contribution in [3.63, 3.8) is 0 Å². The van der Waals surface area contributed by atoms with Gasteiger partial charge in [0, 0.05) is 37.3 Å². The fourth-order valence-corrected chi connectivity index (χ4v) is 4.17. The van der Waals surface area contributed by atoms with E-state index in [9.17, 15) is 9.18 Å². The molecule has 1 aliphatic rings. The zero-order chi connectivity index (χ0) is 23.5. The van der Waals surface area contributed by atoms with Crippen molar-refractivity contribution in [2.75, 3.05) is 38.2 Å². The van der Waals surface area contributed by atoms with E-state index in [1.807, 2.05) is 52.3 Å². The normalized spacial score (nSPS) is 13.7. The number of methoxy groups -OCH3 is 1. The number of amides is 1. The number of piperazine rings is 1. The Morgan fingerprint density at radius 2 is 1.62 bits per heavy atom. The molecule has 3 aromatic carbocycles. The van der Waals surface area contributed by atoms with Crippen LogP contribution in [0.1, 0.15) is 10.4 Å². The lowest BCUT2D eigenvalue weighted by molar-refractivity contribution is 0.0746. The maximum absolute atomic E-state index is 14.1. The summed E-state index contributed by atoms with van der Waals surface area (Å²) in [4.78, 5) is 16.8. The highest BCUT2D eigenvalue weighted by Gasteiger charge is 2.23. The van der Waals surface area contributed by atoms with E-state index in [-0.39, 0.29) is 11.7 Å². The largest absolute Gasteiger partial charge is 0.497 e. The molecule has 0 aliphatic carbocycles. The van der Waals surface area contributed by atoms with Crippen LogP contribution in [0, 0.1) is 5.82 Å². The summed E-state index contributed by atoms with van der Waals surface area (Å²) < 4.78 is 21.0. The van der Waals surface area contributed by atoms with Crippen LogP contribution in [0.25, 0.3) is 16.9 Å². The minimum atomic E-state index is -0.236. The van der Waals surface area contributed by atoms with Crippen LogP contribution in [0.2, 0.25) is 0 Å². The fraction of sp³-hybridized carbons (Fsp3) is 0.192. The number of carbonyl (C=O) groups excluding carboxylic acids is 1. The first-order valence-electron chi connectivity index (χ1n) is 11.1. The van der Waals surface area contributed by atoms with Gasteiger partial charge in [-0.25, -0.2) is 9.07 Å². The van der Waals surface area contributed by atoms with E-state index in [0.29, 0.717) is 37.4 Å². The summed E-state index contributed by atoms with van der Waals surface area (Å²) in [5.74, 6) is 0.508. The van der Waals surface area contributed by atoms with Gasteiger partial charge < -0.3 is 14.5 Å². The number of rotatable bonds is 5. The van der Waals surface area contributed by atoms with Gasteiger partial charge in [0.05, 0.1) is 30.4 Å². The predicted octanol–water partition coefficient (Wildman–Crippen LogP) is 4.04. The summed E-state index contributed by atoms with van der Waals surface area (Å²) in [5.41, 5.74) is 3.79. The molecule has 1 aliphatic heterocycles. The standard InChI is InChI=1S/C26H24FN5O2/c1-34-22-12-8-19(9-13-22)25-18-28-29-32(25)21-10-6-20(7-11-21)26(33)31-16-14-30(15-17-31)24-5-3-2-4-23(24)27/h2-13,18H,14-17H2,1H3. The van der Waals surface area contributed by atoms with Gasteiger partial charge in [-0.3, -0.25) is 4.79 Å². The Balaban J connectivity index is 1.28. The number of ether oxygens (including phenoxy) is 1. The Morgan fingerprint density at radius 3 is 2.29 bits per heavy atom. The highest BCUT2D eigenvalue weighted by atomic mass is 19.1. The van der Waals surface area contributed by atoms with Crippen LogP contribution in [-0.4, -0.2) is 59.1 Å². The topological polar surface area (TPSA) is 63.5 Å². The first-order valence-corrected chi connectivity index (χ1v) is 11.1. The van der Waals surface area contributed by atoms with E-state index in [1.165, 1.54) is 6.07 Å². The summed E-state index contributed by atoms with van der Waals surface area (Å²) in [6.07, 6.45) is 1.70. The molecule has 0 radical (unpaired) electrons. The third-order valence-electron chi connectivity index (χ3n) is 6.05. The second-order valence-electron chi connectivity index (χ2n) is 8.04. The molecule has 0 spiro atoms. The highest BCUT2D eigenvalue weighted by molar-refractivity contribution is 5.94. The minimum Gasteiger partial charge on any atom is -0.497 e. The number of nitrogens with zero attached hydrogens (tertiary/aromatic N) is 5. The maximum atomic E-state index is 14.1. The molecule has 0 unspecified atom stereocenters. The highest BCUT2D eigenvalue weighted by Crippen LogP contribution is 2.25. The van der Waals surface area contributed by atoms with Crippen LogP contribution in [0.15, 0.2) is 79.0 Å². The van der Waals surface area contributed by atoms with Crippen LogP contribution >= 0.6 is 0 Å². The first-order chi connectivity index (χ1) is 16.6. The Hall–Kier alpha value is -4.20. The minimum absolute atomic E-state index is 0.0336. The quantitative estimate of drug-likeness (QED) is 0.453. The molecule has 4 aromatic rings. The van der Waals surface area contributed by atoms with Crippen LogP contribution in [0.3, 0.4) is 0 Å². The molecule has 0 bridgehead atoms. The number of anilines is 1. The summed E-state index contributed by atoms with van der Waals surface area (Å²) in [6, 6.07) is 21.8. The third-order valence-corrected chi connectivity index (χ3v) is 6.05. The van der Waals surface area contributed by atoms with Crippen LogP contribution in [0.5, 0.6) is 5.75 Å². The van der Waals surface area contributed by atoms with Gasteiger partial charge in [0.2, 0.25) is 0 Å². The van der Waals surface area contributed by atoms with Crippen molar-refractivity contribution in [2.24, 2.45) is 0 Å². The monoisotopic (exact) mass is 457 g/mol. The van der Waals surface area contributed by atoms with E-state index in [0.717, 1.165) is 22.7 Å². The molecule has 34 heavy (non-hydrogen) atoms. The van der Waals surface area contributed by atoms with E-state index in [1.54, 1.807) is 42.3 Å². The smallest absolute Gasteiger partial charge is 0.253 e. The van der Waals surface area contributed by atoms with E-state index in [4.69, 9.17) is 4.74 Å². The molecule has 8 heteroatoms. The molecular weight excluding hydrogens is 433 g/mol. The average Bonchev–Trinajstić information content (AvgIpc) is 3.39. The number of para-hydroxylation sites is 1. The van der Waals surface area contributed by atoms with Crippen molar-refractivity contribution in [2.45, 2.75) is 0 Å². The Labute approximate surface area is 197 Å². The van der Waals surface area contributed by atoms with Crippen LogP contribution in [0.4, 0.5) is 10.1 Å². The van der Waals surface area contributed by atoms with Crippen LogP contribution < -0.4 is 9.64 Å². The number of carbonyl (C=O) groups is 1. The van der Waals surface area contributed by atoms with Crippen LogP contribution in [-0.2, 0) is 0 Å². The third kappa shape index (κ3) is 4.22. The van der Waals surface area contributed by atoms with Gasteiger partial charge >= 0.3 is 0 Å². The van der Waals surface area contributed by atoms with Gasteiger partial charge in [-0.1, -0.05) is 17.3 Å². The van der Waals surface area contributed by atoms with Gasteiger partial charge in [-0.05, 0) is 60.7 Å². The Kier molecular flexibility index (Phi) is 5.95. The molecule has 0 saturated carbocycles. The SMILES string of the molecule is COc1ccc(-c2cnnn2-c2ccc(C(=O)N3CCN(c4ccccc4F)CC3)cc2)cc1. The molecule has 1 amide bonds.